The maximum absolute atomic E-state index is 12.0. The highest BCUT2D eigenvalue weighted by molar-refractivity contribution is 5.81. The number of hydrogen-bond donors (Lipinski definition) is 1. The Labute approximate surface area is 118 Å². The lowest BCUT2D eigenvalue weighted by molar-refractivity contribution is -0.132. The van der Waals surface area contributed by atoms with Crippen molar-refractivity contribution in [1.82, 2.24) is 4.90 Å². The molecule has 1 aliphatic heterocycles. The van der Waals surface area contributed by atoms with Crippen LogP contribution in [0.1, 0.15) is 64.2 Å². The van der Waals surface area contributed by atoms with E-state index in [0.717, 1.165) is 45.2 Å². The molecule has 0 aliphatic carbocycles. The number of unbranched alkanes of at least 4 members (excludes halogenated alkanes) is 6. The van der Waals surface area contributed by atoms with E-state index in [1.54, 1.807) is 0 Å². The van der Waals surface area contributed by atoms with Gasteiger partial charge in [0.25, 0.3) is 0 Å². The minimum absolute atomic E-state index is 0.170. The van der Waals surface area contributed by atoms with Gasteiger partial charge in [0, 0.05) is 13.1 Å². The summed E-state index contributed by atoms with van der Waals surface area (Å²) in [6.07, 6.45) is 13.7. The zero-order chi connectivity index (χ0) is 13.9. The highest BCUT2D eigenvalue weighted by Gasteiger charge is 2.22. The maximum Gasteiger partial charge on any atom is 0.239 e. The number of rotatable bonds is 9. The lowest BCUT2D eigenvalue weighted by Crippen LogP contribution is -2.42. The molecule has 1 aliphatic rings. The quantitative estimate of drug-likeness (QED) is 0.514. The summed E-state index contributed by atoms with van der Waals surface area (Å²) in [6, 6.07) is -0.249. The average molecular weight is 266 g/mol. The molecule has 0 aromatic carbocycles. The Morgan fingerprint density at radius 2 is 1.84 bits per heavy atom. The molecule has 1 fully saturated rings. The van der Waals surface area contributed by atoms with Crippen molar-refractivity contribution in [3.05, 3.63) is 12.7 Å². The van der Waals surface area contributed by atoms with E-state index < -0.39 is 0 Å². The van der Waals surface area contributed by atoms with Crippen LogP contribution in [0, 0.1) is 0 Å². The fourth-order valence-corrected chi connectivity index (χ4v) is 2.66. The second-order valence-corrected chi connectivity index (χ2v) is 5.63. The van der Waals surface area contributed by atoms with E-state index in [4.69, 9.17) is 5.73 Å². The van der Waals surface area contributed by atoms with Gasteiger partial charge in [0.05, 0.1) is 6.04 Å². The van der Waals surface area contributed by atoms with Gasteiger partial charge in [0.2, 0.25) is 5.91 Å². The topological polar surface area (TPSA) is 46.3 Å². The molecular formula is C16H30N2O. The van der Waals surface area contributed by atoms with Crippen LogP contribution in [0.15, 0.2) is 12.7 Å². The van der Waals surface area contributed by atoms with Gasteiger partial charge >= 0.3 is 0 Å². The van der Waals surface area contributed by atoms with Gasteiger partial charge in [-0.25, -0.2) is 0 Å². The molecule has 0 saturated carbocycles. The maximum atomic E-state index is 12.0. The number of likely N-dealkylation sites (tertiary alicyclic amines) is 1. The second kappa shape index (κ2) is 10.0. The van der Waals surface area contributed by atoms with E-state index in [1.807, 2.05) is 11.0 Å². The van der Waals surface area contributed by atoms with E-state index in [9.17, 15) is 4.79 Å². The Balaban J connectivity index is 2.04. The van der Waals surface area contributed by atoms with E-state index >= 15 is 0 Å². The van der Waals surface area contributed by atoms with Crippen LogP contribution in [0.5, 0.6) is 0 Å². The number of nitrogens with two attached hydrogens (primary N) is 1. The van der Waals surface area contributed by atoms with Crippen molar-refractivity contribution in [2.75, 3.05) is 13.1 Å². The van der Waals surface area contributed by atoms with Gasteiger partial charge in [0.1, 0.15) is 0 Å². The number of carbonyl (C=O) groups excluding carboxylic acids is 1. The summed E-state index contributed by atoms with van der Waals surface area (Å²) in [5.74, 6) is 0.170. The van der Waals surface area contributed by atoms with E-state index in [0.29, 0.717) is 0 Å². The Morgan fingerprint density at radius 3 is 2.58 bits per heavy atom. The lowest BCUT2D eigenvalue weighted by Gasteiger charge is -2.22. The van der Waals surface area contributed by atoms with Gasteiger partial charge in [0.15, 0.2) is 0 Å². The minimum Gasteiger partial charge on any atom is -0.341 e. The molecule has 0 bridgehead atoms. The van der Waals surface area contributed by atoms with Gasteiger partial charge in [-0.1, -0.05) is 31.8 Å². The molecule has 1 saturated heterocycles. The highest BCUT2D eigenvalue weighted by Crippen LogP contribution is 2.13. The fourth-order valence-electron chi connectivity index (χ4n) is 2.66. The minimum atomic E-state index is -0.249. The molecule has 110 valence electrons. The van der Waals surface area contributed by atoms with Gasteiger partial charge in [-0.05, 0) is 38.5 Å². The number of amides is 1. The van der Waals surface area contributed by atoms with Gasteiger partial charge in [-0.15, -0.1) is 6.58 Å². The zero-order valence-electron chi connectivity index (χ0n) is 12.3. The summed E-state index contributed by atoms with van der Waals surface area (Å²) in [5, 5.41) is 0. The lowest BCUT2D eigenvalue weighted by atomic mass is 10.1. The van der Waals surface area contributed by atoms with Crippen molar-refractivity contribution in [2.24, 2.45) is 5.73 Å². The predicted octanol–water partition coefficient (Wildman–Crippen LogP) is 3.24. The van der Waals surface area contributed by atoms with Crippen LogP contribution < -0.4 is 5.73 Å². The predicted molar refractivity (Wildman–Crippen MR) is 80.9 cm³/mol. The monoisotopic (exact) mass is 266 g/mol. The standard InChI is InChI=1S/C16H30N2O/c1-2-3-4-5-6-7-8-10-13-18-14-11-9-12-15(17)16(18)19/h2,15H,1,3-14,17H2. The van der Waals surface area contributed by atoms with Crippen LogP contribution in [0.4, 0.5) is 0 Å². The molecule has 0 aromatic heterocycles. The van der Waals surface area contributed by atoms with Crippen molar-refractivity contribution in [3.8, 4) is 0 Å². The smallest absolute Gasteiger partial charge is 0.239 e. The van der Waals surface area contributed by atoms with E-state index in [2.05, 4.69) is 6.58 Å². The molecule has 0 aromatic rings. The summed E-state index contributed by atoms with van der Waals surface area (Å²) in [5.41, 5.74) is 5.87. The molecule has 1 rings (SSSR count). The average Bonchev–Trinajstić information content (AvgIpc) is 2.57. The molecule has 1 atom stereocenters. The third-order valence-corrected chi connectivity index (χ3v) is 3.91. The first-order valence-electron chi connectivity index (χ1n) is 7.91. The first-order chi connectivity index (χ1) is 9.25. The summed E-state index contributed by atoms with van der Waals surface area (Å²) >= 11 is 0. The highest BCUT2D eigenvalue weighted by atomic mass is 16.2. The number of nitrogens with zero attached hydrogens (tertiary/aromatic N) is 1. The molecule has 2 N–H and O–H groups in total. The Bertz CT molecular complexity index is 265. The van der Waals surface area contributed by atoms with Crippen molar-refractivity contribution < 1.29 is 4.79 Å². The van der Waals surface area contributed by atoms with Crippen molar-refractivity contribution in [2.45, 2.75) is 70.3 Å². The first-order valence-corrected chi connectivity index (χ1v) is 7.91. The molecule has 1 heterocycles. The molecule has 1 amide bonds. The SMILES string of the molecule is C=CCCCCCCCCN1CCCCC(N)C1=O. The summed E-state index contributed by atoms with van der Waals surface area (Å²) in [4.78, 5) is 14.0. The molecule has 0 radical (unpaired) electrons. The largest absolute Gasteiger partial charge is 0.341 e. The number of allylic oxidation sites excluding steroid dienone is 1. The first kappa shape index (κ1) is 16.2. The van der Waals surface area contributed by atoms with E-state index in [1.165, 1.54) is 32.1 Å². The van der Waals surface area contributed by atoms with E-state index in [-0.39, 0.29) is 11.9 Å². The zero-order valence-corrected chi connectivity index (χ0v) is 12.3. The summed E-state index contributed by atoms with van der Waals surface area (Å²) in [6.45, 7) is 5.54. The summed E-state index contributed by atoms with van der Waals surface area (Å²) < 4.78 is 0. The Morgan fingerprint density at radius 1 is 1.16 bits per heavy atom. The van der Waals surface area contributed by atoms with Crippen LogP contribution in [-0.4, -0.2) is 29.9 Å². The molecule has 19 heavy (non-hydrogen) atoms. The fraction of sp³-hybridized carbons (Fsp3) is 0.812. The second-order valence-electron chi connectivity index (χ2n) is 5.63. The van der Waals surface area contributed by atoms with Gasteiger partial charge in [-0.3, -0.25) is 4.79 Å². The molecule has 0 spiro atoms. The van der Waals surface area contributed by atoms with Gasteiger partial charge in [-0.2, -0.15) is 0 Å². The van der Waals surface area contributed by atoms with Gasteiger partial charge < -0.3 is 10.6 Å². The Hall–Kier alpha value is -0.830. The molecule has 1 unspecified atom stereocenters. The normalized spacial score (nSPS) is 20.4. The van der Waals surface area contributed by atoms with Crippen molar-refractivity contribution in [3.63, 3.8) is 0 Å². The van der Waals surface area contributed by atoms with Crippen LogP contribution in [-0.2, 0) is 4.79 Å². The number of hydrogen-bond acceptors (Lipinski definition) is 2. The van der Waals surface area contributed by atoms with Crippen molar-refractivity contribution in [1.29, 1.82) is 0 Å². The van der Waals surface area contributed by atoms with Crippen LogP contribution in [0.25, 0.3) is 0 Å². The van der Waals surface area contributed by atoms with Crippen molar-refractivity contribution >= 4 is 5.91 Å². The molecule has 3 nitrogen and oxygen atoms in total. The third kappa shape index (κ3) is 6.76. The van der Waals surface area contributed by atoms with Crippen LogP contribution in [0.2, 0.25) is 0 Å². The Kier molecular flexibility index (Phi) is 8.55. The summed E-state index contributed by atoms with van der Waals surface area (Å²) in [7, 11) is 0. The number of carbonyl (C=O) groups is 1. The molecule has 3 heteroatoms. The molecular weight excluding hydrogens is 236 g/mol. The third-order valence-electron chi connectivity index (χ3n) is 3.91. The van der Waals surface area contributed by atoms with Crippen LogP contribution >= 0.6 is 0 Å². The van der Waals surface area contributed by atoms with Crippen LogP contribution in [0.3, 0.4) is 0 Å².